The summed E-state index contributed by atoms with van der Waals surface area (Å²) in [5.41, 5.74) is 0.922. The molecule has 0 aromatic carbocycles. The number of anilines is 1. The van der Waals surface area contributed by atoms with Crippen molar-refractivity contribution in [2.45, 2.75) is 5.03 Å². The Morgan fingerprint density at radius 3 is 2.94 bits per heavy atom. The Morgan fingerprint density at radius 2 is 2.18 bits per heavy atom. The predicted molar refractivity (Wildman–Crippen MR) is 69.9 cm³/mol. The third-order valence-electron chi connectivity index (χ3n) is 2.97. The summed E-state index contributed by atoms with van der Waals surface area (Å²) in [5.74, 6) is 1.14. The second-order valence-electron chi connectivity index (χ2n) is 4.00. The number of fused-ring (bicyclic) bond motifs is 1. The highest BCUT2D eigenvalue weighted by atomic mass is 32.2. The zero-order valence-corrected chi connectivity index (χ0v) is 10.6. The summed E-state index contributed by atoms with van der Waals surface area (Å²) in [6, 6.07) is 4.06. The molecule has 17 heavy (non-hydrogen) atoms. The van der Waals surface area contributed by atoms with E-state index >= 15 is 0 Å². The SMILES string of the molecule is CSc1cc2nccc(N3CCNCC3)n2n1. The predicted octanol–water partition coefficient (Wildman–Crippen LogP) is 0.861. The van der Waals surface area contributed by atoms with Gasteiger partial charge in [0.2, 0.25) is 0 Å². The second kappa shape index (κ2) is 4.54. The molecule has 0 radical (unpaired) electrons. The number of rotatable bonds is 2. The van der Waals surface area contributed by atoms with Gasteiger partial charge in [-0.25, -0.2) is 4.98 Å². The Balaban J connectivity index is 2.05. The molecule has 1 fully saturated rings. The normalized spacial score (nSPS) is 16.6. The van der Waals surface area contributed by atoms with Crippen LogP contribution >= 0.6 is 11.8 Å². The average Bonchev–Trinajstić information content (AvgIpc) is 2.82. The lowest BCUT2D eigenvalue weighted by Crippen LogP contribution is -2.44. The first kappa shape index (κ1) is 10.9. The Kier molecular flexibility index (Phi) is 2.90. The quantitative estimate of drug-likeness (QED) is 0.800. The van der Waals surface area contributed by atoms with E-state index in [1.54, 1.807) is 11.8 Å². The van der Waals surface area contributed by atoms with E-state index in [1.807, 2.05) is 29.1 Å². The summed E-state index contributed by atoms with van der Waals surface area (Å²) >= 11 is 1.65. The molecule has 5 nitrogen and oxygen atoms in total. The molecule has 0 spiro atoms. The summed E-state index contributed by atoms with van der Waals surface area (Å²) in [6.45, 7) is 4.10. The molecule has 1 saturated heterocycles. The fraction of sp³-hybridized carbons (Fsp3) is 0.455. The summed E-state index contributed by atoms with van der Waals surface area (Å²) in [5, 5.41) is 8.93. The van der Waals surface area contributed by atoms with Crippen LogP contribution in [-0.4, -0.2) is 47.0 Å². The van der Waals surface area contributed by atoms with Crippen LogP contribution in [0.3, 0.4) is 0 Å². The molecule has 1 aliphatic heterocycles. The van der Waals surface area contributed by atoms with Gasteiger partial charge in [0, 0.05) is 38.4 Å². The lowest BCUT2D eigenvalue weighted by molar-refractivity contribution is 0.579. The number of thioether (sulfide) groups is 1. The topological polar surface area (TPSA) is 45.5 Å². The maximum atomic E-state index is 4.56. The molecular weight excluding hydrogens is 234 g/mol. The van der Waals surface area contributed by atoms with Crippen LogP contribution in [0.4, 0.5) is 5.82 Å². The molecule has 0 bridgehead atoms. The lowest BCUT2D eigenvalue weighted by atomic mass is 10.3. The Labute approximate surface area is 104 Å². The van der Waals surface area contributed by atoms with Gasteiger partial charge in [0.25, 0.3) is 0 Å². The number of aromatic nitrogens is 3. The van der Waals surface area contributed by atoms with Crippen molar-refractivity contribution < 1.29 is 0 Å². The van der Waals surface area contributed by atoms with E-state index < -0.39 is 0 Å². The molecule has 6 heteroatoms. The zero-order valence-electron chi connectivity index (χ0n) is 9.76. The Morgan fingerprint density at radius 1 is 1.35 bits per heavy atom. The van der Waals surface area contributed by atoms with E-state index in [0.29, 0.717) is 0 Å². The van der Waals surface area contributed by atoms with Crippen molar-refractivity contribution in [3.63, 3.8) is 0 Å². The minimum absolute atomic E-state index is 0.922. The van der Waals surface area contributed by atoms with Crippen molar-refractivity contribution in [2.75, 3.05) is 37.3 Å². The first-order valence-electron chi connectivity index (χ1n) is 5.73. The van der Waals surface area contributed by atoms with Crippen LogP contribution in [0.25, 0.3) is 5.65 Å². The molecule has 90 valence electrons. The fourth-order valence-corrected chi connectivity index (χ4v) is 2.48. The number of nitrogens with one attached hydrogen (secondary N) is 1. The van der Waals surface area contributed by atoms with Crippen molar-refractivity contribution in [3.05, 3.63) is 18.3 Å². The van der Waals surface area contributed by atoms with Crippen molar-refractivity contribution in [1.82, 2.24) is 19.9 Å². The molecule has 2 aromatic rings. The van der Waals surface area contributed by atoms with Gasteiger partial charge in [-0.1, -0.05) is 0 Å². The van der Waals surface area contributed by atoms with Crippen LogP contribution in [0.15, 0.2) is 23.4 Å². The van der Waals surface area contributed by atoms with Crippen LogP contribution in [0.1, 0.15) is 0 Å². The monoisotopic (exact) mass is 249 g/mol. The van der Waals surface area contributed by atoms with E-state index in [9.17, 15) is 0 Å². The van der Waals surface area contributed by atoms with Gasteiger partial charge in [-0.3, -0.25) is 0 Å². The van der Waals surface area contributed by atoms with Gasteiger partial charge in [0.05, 0.1) is 0 Å². The molecule has 0 amide bonds. The van der Waals surface area contributed by atoms with Crippen molar-refractivity contribution in [3.8, 4) is 0 Å². The number of nitrogens with zero attached hydrogens (tertiary/aromatic N) is 4. The Bertz CT molecular complexity index is 518. The standard InChI is InChI=1S/C11H15N5S/c1-17-10-8-9-13-3-2-11(16(9)14-10)15-6-4-12-5-7-15/h2-3,8,12H,4-7H2,1H3. The lowest BCUT2D eigenvalue weighted by Gasteiger charge is -2.29. The summed E-state index contributed by atoms with van der Waals surface area (Å²) in [4.78, 5) is 6.70. The number of hydrogen-bond acceptors (Lipinski definition) is 5. The van der Waals surface area contributed by atoms with E-state index in [4.69, 9.17) is 0 Å². The van der Waals surface area contributed by atoms with E-state index in [2.05, 4.69) is 20.3 Å². The Hall–Kier alpha value is -1.27. The summed E-state index contributed by atoms with van der Waals surface area (Å²) in [6.07, 6.45) is 3.89. The number of piperazine rings is 1. The molecule has 1 N–H and O–H groups in total. The fourth-order valence-electron chi connectivity index (χ4n) is 2.09. The molecule has 0 atom stereocenters. The van der Waals surface area contributed by atoms with Gasteiger partial charge in [-0.15, -0.1) is 11.8 Å². The van der Waals surface area contributed by atoms with Gasteiger partial charge in [0.1, 0.15) is 10.8 Å². The minimum Gasteiger partial charge on any atom is -0.354 e. The van der Waals surface area contributed by atoms with Gasteiger partial charge in [0.15, 0.2) is 5.65 Å². The molecule has 3 heterocycles. The van der Waals surface area contributed by atoms with Crippen LogP contribution in [0.5, 0.6) is 0 Å². The third kappa shape index (κ3) is 1.98. The molecule has 0 unspecified atom stereocenters. The molecule has 3 rings (SSSR count). The maximum Gasteiger partial charge on any atom is 0.158 e. The minimum atomic E-state index is 0.922. The van der Waals surface area contributed by atoms with Crippen LogP contribution in [0, 0.1) is 0 Å². The highest BCUT2D eigenvalue weighted by Crippen LogP contribution is 2.20. The molecule has 2 aromatic heterocycles. The van der Waals surface area contributed by atoms with Crippen molar-refractivity contribution in [1.29, 1.82) is 0 Å². The highest BCUT2D eigenvalue weighted by Gasteiger charge is 2.14. The number of hydrogen-bond donors (Lipinski definition) is 1. The highest BCUT2D eigenvalue weighted by molar-refractivity contribution is 7.98. The molecule has 0 aliphatic carbocycles. The van der Waals surface area contributed by atoms with Gasteiger partial charge < -0.3 is 10.2 Å². The van der Waals surface area contributed by atoms with Crippen LogP contribution in [-0.2, 0) is 0 Å². The smallest absolute Gasteiger partial charge is 0.158 e. The molecule has 1 aliphatic rings. The second-order valence-corrected chi connectivity index (χ2v) is 4.82. The third-order valence-corrected chi connectivity index (χ3v) is 3.58. The van der Waals surface area contributed by atoms with Crippen LogP contribution in [0.2, 0.25) is 0 Å². The first-order valence-corrected chi connectivity index (χ1v) is 6.95. The molecule has 0 saturated carbocycles. The molecular formula is C11H15N5S. The summed E-state index contributed by atoms with van der Waals surface area (Å²) in [7, 11) is 0. The maximum absolute atomic E-state index is 4.56. The van der Waals surface area contributed by atoms with Gasteiger partial charge in [-0.05, 0) is 12.3 Å². The first-order chi connectivity index (χ1) is 8.38. The summed E-state index contributed by atoms with van der Waals surface area (Å²) < 4.78 is 1.94. The van der Waals surface area contributed by atoms with Crippen molar-refractivity contribution >= 4 is 23.2 Å². The van der Waals surface area contributed by atoms with E-state index in [0.717, 1.165) is 42.7 Å². The van der Waals surface area contributed by atoms with Gasteiger partial charge in [-0.2, -0.15) is 9.61 Å². The largest absolute Gasteiger partial charge is 0.354 e. The van der Waals surface area contributed by atoms with Gasteiger partial charge >= 0.3 is 0 Å². The average molecular weight is 249 g/mol. The zero-order chi connectivity index (χ0) is 11.7. The van der Waals surface area contributed by atoms with E-state index in [1.165, 1.54) is 0 Å². The van der Waals surface area contributed by atoms with Crippen molar-refractivity contribution in [2.24, 2.45) is 0 Å². The van der Waals surface area contributed by atoms with Crippen LogP contribution < -0.4 is 10.2 Å². The van der Waals surface area contributed by atoms with E-state index in [-0.39, 0.29) is 0 Å².